The summed E-state index contributed by atoms with van der Waals surface area (Å²) >= 11 is 0. The van der Waals surface area contributed by atoms with Crippen LogP contribution in [-0.2, 0) is 9.31 Å². The maximum Gasteiger partial charge on any atom is 0.480 e. The highest BCUT2D eigenvalue weighted by Crippen LogP contribution is 2.39. The summed E-state index contributed by atoms with van der Waals surface area (Å²) in [6, 6.07) is 5.00. The Bertz CT molecular complexity index is 474. The van der Waals surface area contributed by atoms with Crippen molar-refractivity contribution in [1.29, 1.82) is 0 Å². The van der Waals surface area contributed by atoms with Crippen molar-refractivity contribution < 1.29 is 13.7 Å². The van der Waals surface area contributed by atoms with Gasteiger partial charge in [0.25, 0.3) is 0 Å². The van der Waals surface area contributed by atoms with Crippen molar-refractivity contribution in [2.45, 2.75) is 51.8 Å². The van der Waals surface area contributed by atoms with E-state index in [0.717, 1.165) is 5.56 Å². The first-order valence-electron chi connectivity index (χ1n) is 6.51. The number of halogens is 1. The van der Waals surface area contributed by atoms with E-state index in [1.165, 1.54) is 6.07 Å². The zero-order chi connectivity index (χ0) is 14.4. The van der Waals surface area contributed by atoms with Gasteiger partial charge in [-0.2, -0.15) is 0 Å². The van der Waals surface area contributed by atoms with Crippen molar-refractivity contribution >= 4 is 7.12 Å². The summed E-state index contributed by atoms with van der Waals surface area (Å²) in [4.78, 5) is 0. The summed E-state index contributed by atoms with van der Waals surface area (Å²) in [5, 5.41) is 0. The van der Waals surface area contributed by atoms with Gasteiger partial charge in [0.2, 0.25) is 0 Å². The highest BCUT2D eigenvalue weighted by molar-refractivity contribution is 6.47. The first-order chi connectivity index (χ1) is 8.64. The van der Waals surface area contributed by atoms with Gasteiger partial charge in [-0.15, -0.1) is 0 Å². The van der Waals surface area contributed by atoms with Crippen molar-refractivity contribution in [3.05, 3.63) is 35.1 Å². The molecule has 0 aromatic heterocycles. The SMILES string of the molecule is Cc1ccc([C@H](N)B2OC(C)(C)C(C)(C)O2)c(F)c1. The van der Waals surface area contributed by atoms with E-state index in [0.29, 0.717) is 5.56 Å². The van der Waals surface area contributed by atoms with Crippen molar-refractivity contribution in [1.82, 2.24) is 0 Å². The van der Waals surface area contributed by atoms with E-state index in [1.807, 2.05) is 40.7 Å². The van der Waals surface area contributed by atoms with Crippen molar-refractivity contribution in [2.24, 2.45) is 5.73 Å². The van der Waals surface area contributed by atoms with Gasteiger partial charge in [0, 0.05) is 5.56 Å². The van der Waals surface area contributed by atoms with Crippen molar-refractivity contribution in [2.75, 3.05) is 0 Å². The molecule has 2 N–H and O–H groups in total. The van der Waals surface area contributed by atoms with Gasteiger partial charge >= 0.3 is 7.12 Å². The molecule has 0 unspecified atom stereocenters. The monoisotopic (exact) mass is 265 g/mol. The summed E-state index contributed by atoms with van der Waals surface area (Å²) in [5.74, 6) is -0.955. The molecule has 1 aliphatic rings. The zero-order valence-electron chi connectivity index (χ0n) is 12.2. The minimum absolute atomic E-state index is 0.317. The Hall–Kier alpha value is -0.905. The summed E-state index contributed by atoms with van der Waals surface area (Å²) in [6.07, 6.45) is 0. The number of benzene rings is 1. The lowest BCUT2D eigenvalue weighted by atomic mass is 9.74. The van der Waals surface area contributed by atoms with E-state index < -0.39 is 24.3 Å². The van der Waals surface area contributed by atoms with Crippen LogP contribution in [0.1, 0.15) is 44.8 Å². The second-order valence-corrected chi connectivity index (χ2v) is 6.18. The van der Waals surface area contributed by atoms with Crippen LogP contribution >= 0.6 is 0 Å². The molecule has 0 radical (unpaired) electrons. The highest BCUT2D eigenvalue weighted by atomic mass is 19.1. The standard InChI is InChI=1S/C14H21BFNO2/c1-9-6-7-10(11(16)8-9)12(17)15-18-13(2,3)14(4,5)19-15/h6-8,12H,17H2,1-5H3/t12-/m0/s1. The number of nitrogens with two attached hydrogens (primary N) is 1. The third-order valence-electron chi connectivity index (χ3n) is 4.08. The maximum atomic E-state index is 13.9. The largest absolute Gasteiger partial charge is 0.480 e. The van der Waals surface area contributed by atoms with Crippen LogP contribution in [0.4, 0.5) is 4.39 Å². The molecule has 1 aliphatic heterocycles. The van der Waals surface area contributed by atoms with Gasteiger partial charge in [0.15, 0.2) is 0 Å². The highest BCUT2D eigenvalue weighted by Gasteiger charge is 2.53. The Balaban J connectivity index is 2.24. The molecule has 0 amide bonds. The Morgan fingerprint density at radius 3 is 2.16 bits per heavy atom. The maximum absolute atomic E-state index is 13.9. The van der Waals surface area contributed by atoms with E-state index >= 15 is 0 Å². The molecule has 1 saturated heterocycles. The van der Waals surface area contributed by atoms with Crippen LogP contribution < -0.4 is 5.73 Å². The molecule has 0 aliphatic carbocycles. The van der Waals surface area contributed by atoms with Gasteiger partial charge in [-0.25, -0.2) is 4.39 Å². The van der Waals surface area contributed by atoms with Gasteiger partial charge in [0.05, 0.1) is 17.1 Å². The Kier molecular flexibility index (Phi) is 3.50. The molecule has 0 spiro atoms. The molecule has 2 rings (SSSR count). The van der Waals surface area contributed by atoms with Gasteiger partial charge in [-0.3, -0.25) is 0 Å². The van der Waals surface area contributed by atoms with E-state index in [1.54, 1.807) is 6.07 Å². The summed E-state index contributed by atoms with van der Waals surface area (Å²) < 4.78 is 25.7. The van der Waals surface area contributed by atoms with Crippen molar-refractivity contribution in [3.63, 3.8) is 0 Å². The minimum atomic E-state index is -0.637. The van der Waals surface area contributed by atoms with Gasteiger partial charge in [0.1, 0.15) is 5.82 Å². The summed E-state index contributed by atoms with van der Waals surface area (Å²) in [5.41, 5.74) is 6.46. The number of rotatable bonds is 2. The van der Waals surface area contributed by atoms with Gasteiger partial charge < -0.3 is 15.0 Å². The molecule has 19 heavy (non-hydrogen) atoms. The predicted molar refractivity (Wildman–Crippen MR) is 74.1 cm³/mol. The van der Waals surface area contributed by atoms with E-state index in [2.05, 4.69) is 0 Å². The van der Waals surface area contributed by atoms with E-state index in [-0.39, 0.29) is 5.82 Å². The number of hydrogen-bond acceptors (Lipinski definition) is 3. The first kappa shape index (κ1) is 14.5. The smallest absolute Gasteiger partial charge is 0.402 e. The molecule has 1 aromatic rings. The molecular formula is C14H21BFNO2. The number of aryl methyl sites for hydroxylation is 1. The Labute approximate surface area is 114 Å². The predicted octanol–water partition coefficient (Wildman–Crippen LogP) is 2.77. The lowest BCUT2D eigenvalue weighted by Crippen LogP contribution is -2.41. The summed E-state index contributed by atoms with van der Waals surface area (Å²) in [7, 11) is -0.637. The lowest BCUT2D eigenvalue weighted by Gasteiger charge is -2.32. The molecule has 1 aromatic carbocycles. The van der Waals surface area contributed by atoms with Crippen LogP contribution in [-0.4, -0.2) is 18.3 Å². The average molecular weight is 265 g/mol. The second-order valence-electron chi connectivity index (χ2n) is 6.18. The molecule has 3 nitrogen and oxygen atoms in total. The minimum Gasteiger partial charge on any atom is -0.402 e. The van der Waals surface area contributed by atoms with Crippen LogP contribution in [0, 0.1) is 12.7 Å². The van der Waals surface area contributed by atoms with Crippen LogP contribution in [0.15, 0.2) is 18.2 Å². The van der Waals surface area contributed by atoms with Crippen molar-refractivity contribution in [3.8, 4) is 0 Å². The molecule has 1 atom stereocenters. The Morgan fingerprint density at radius 2 is 1.68 bits per heavy atom. The molecule has 0 bridgehead atoms. The fourth-order valence-corrected chi connectivity index (χ4v) is 2.08. The molecule has 5 heteroatoms. The Morgan fingerprint density at radius 1 is 1.16 bits per heavy atom. The molecule has 1 heterocycles. The first-order valence-corrected chi connectivity index (χ1v) is 6.51. The van der Waals surface area contributed by atoms with E-state index in [9.17, 15) is 4.39 Å². The van der Waals surface area contributed by atoms with Gasteiger partial charge in [-0.05, 0) is 46.2 Å². The molecule has 1 fully saturated rings. The van der Waals surface area contributed by atoms with Crippen LogP contribution in [0.3, 0.4) is 0 Å². The molecular weight excluding hydrogens is 244 g/mol. The van der Waals surface area contributed by atoms with Crippen LogP contribution in [0.5, 0.6) is 0 Å². The lowest BCUT2D eigenvalue weighted by molar-refractivity contribution is 0.00578. The second kappa shape index (κ2) is 4.58. The fourth-order valence-electron chi connectivity index (χ4n) is 2.08. The summed E-state index contributed by atoms with van der Waals surface area (Å²) in [6.45, 7) is 9.64. The fraction of sp³-hybridized carbons (Fsp3) is 0.571. The van der Waals surface area contributed by atoms with Crippen LogP contribution in [0.25, 0.3) is 0 Å². The normalized spacial score (nSPS) is 22.6. The molecule has 104 valence electrons. The van der Waals surface area contributed by atoms with Gasteiger partial charge in [-0.1, -0.05) is 12.1 Å². The third kappa shape index (κ3) is 2.55. The van der Waals surface area contributed by atoms with E-state index in [4.69, 9.17) is 15.0 Å². The topological polar surface area (TPSA) is 44.5 Å². The third-order valence-corrected chi connectivity index (χ3v) is 4.08. The molecule has 0 saturated carbocycles. The average Bonchev–Trinajstić information content (AvgIpc) is 2.47. The number of hydrogen-bond donors (Lipinski definition) is 1. The van der Waals surface area contributed by atoms with Crippen LogP contribution in [0.2, 0.25) is 0 Å². The zero-order valence-corrected chi connectivity index (χ0v) is 12.2. The quantitative estimate of drug-likeness (QED) is 0.836.